The molecule has 5 unspecified atom stereocenters. The lowest BCUT2D eigenvalue weighted by Crippen LogP contribution is -2.30. The fourth-order valence-electron chi connectivity index (χ4n) is 13.1. The van der Waals surface area contributed by atoms with Crippen LogP contribution in [0.15, 0.2) is 122 Å². The fourth-order valence-corrected chi connectivity index (χ4v) is 14.6. The Labute approximate surface area is 703 Å². The Bertz CT molecular complexity index is 2570. The number of carbonyl (C=O) groups is 3. The summed E-state index contributed by atoms with van der Waals surface area (Å²) in [6.07, 6.45) is 110. The molecule has 115 heavy (non-hydrogen) atoms. The van der Waals surface area contributed by atoms with Gasteiger partial charge in [-0.05, 0) is 135 Å². The molecule has 666 valence electrons. The lowest BCUT2D eigenvalue weighted by Gasteiger charge is -2.21. The van der Waals surface area contributed by atoms with E-state index >= 15 is 0 Å². The van der Waals surface area contributed by atoms with Crippen molar-refractivity contribution < 1.29 is 75.8 Å². The summed E-state index contributed by atoms with van der Waals surface area (Å²) in [4.78, 5) is 58.9. The van der Waals surface area contributed by atoms with Crippen molar-refractivity contribution in [1.82, 2.24) is 0 Å². The van der Waals surface area contributed by atoms with E-state index < -0.39 is 91.5 Å². The lowest BCUT2D eigenvalue weighted by molar-refractivity contribution is -0.161. The first kappa shape index (κ1) is 111. The first-order valence-corrected chi connectivity index (χ1v) is 49.8. The third-order valence-electron chi connectivity index (χ3n) is 20.1. The van der Waals surface area contributed by atoms with Gasteiger partial charge in [-0.25, -0.2) is 9.13 Å². The molecule has 0 rings (SSSR count). The molecule has 0 fully saturated rings. The van der Waals surface area contributed by atoms with Crippen LogP contribution in [-0.2, 0) is 55.8 Å². The quantitative estimate of drug-likeness (QED) is 0.0146. The molecule has 0 aliphatic rings. The Morgan fingerprint density at radius 1 is 0.252 bits per heavy atom. The van der Waals surface area contributed by atoms with E-state index in [9.17, 15) is 43.5 Å². The second-order valence-corrected chi connectivity index (χ2v) is 34.3. The molecular weight excluding hydrogens is 1480 g/mol. The number of phosphoric ester groups is 2. The normalized spacial score (nSPS) is 14.3. The van der Waals surface area contributed by atoms with Crippen LogP contribution in [0.5, 0.6) is 0 Å². The summed E-state index contributed by atoms with van der Waals surface area (Å²) >= 11 is 0. The first-order valence-electron chi connectivity index (χ1n) is 46.8. The number of aliphatic hydroxyl groups excluding tert-OH is 2. The highest BCUT2D eigenvalue weighted by molar-refractivity contribution is 7.47. The molecule has 0 bridgehead atoms. The van der Waals surface area contributed by atoms with Gasteiger partial charge in [0.25, 0.3) is 0 Å². The topological polar surface area (TPSA) is 231 Å². The molecular formula is C97H172O16P2. The Morgan fingerprint density at radius 2 is 0.461 bits per heavy atom. The number of rotatable bonds is 89. The van der Waals surface area contributed by atoms with E-state index in [0.29, 0.717) is 19.3 Å². The van der Waals surface area contributed by atoms with E-state index in [2.05, 4.69) is 142 Å². The predicted molar refractivity (Wildman–Crippen MR) is 482 cm³/mol. The predicted octanol–water partition coefficient (Wildman–Crippen LogP) is 28.8. The van der Waals surface area contributed by atoms with Crippen molar-refractivity contribution in [1.29, 1.82) is 0 Å². The second-order valence-electron chi connectivity index (χ2n) is 31.4. The molecule has 18 heteroatoms. The van der Waals surface area contributed by atoms with Crippen LogP contribution in [-0.4, -0.2) is 95.9 Å². The maximum absolute atomic E-state index is 13.0. The summed E-state index contributed by atoms with van der Waals surface area (Å²) in [7, 11) is -9.79. The van der Waals surface area contributed by atoms with Crippen LogP contribution in [0, 0.1) is 0 Å². The van der Waals surface area contributed by atoms with Gasteiger partial charge in [0.2, 0.25) is 0 Å². The van der Waals surface area contributed by atoms with Crippen LogP contribution in [0.4, 0.5) is 0 Å². The number of ether oxygens (including phenoxy) is 3. The number of phosphoric acid groups is 2. The van der Waals surface area contributed by atoms with E-state index in [4.69, 9.17) is 32.3 Å². The van der Waals surface area contributed by atoms with Crippen LogP contribution < -0.4 is 0 Å². The summed E-state index contributed by atoms with van der Waals surface area (Å²) in [5, 5.41) is 20.7. The van der Waals surface area contributed by atoms with E-state index in [1.165, 1.54) is 231 Å². The minimum absolute atomic E-state index is 0.0962. The SMILES string of the molecule is CC/C=C\C/C=C\C/C=C\C/C=C\C/C=C\CCCCCCCCCCCCCCCCCCCCCC(=O)OCC(O)COP(=O)(O)OCC(O)COP(=O)(O)OCC(COC(=O)CCCCCCCCCCCCCCCCC/C=C\C/C=C\C/C=C\C/C=C\CCCCC)OC(=O)CCCCCCC/C=C\CCCCCC. The smallest absolute Gasteiger partial charge is 0.463 e. The van der Waals surface area contributed by atoms with Gasteiger partial charge in [0, 0.05) is 19.3 Å². The van der Waals surface area contributed by atoms with Crippen LogP contribution in [0.1, 0.15) is 419 Å². The fraction of sp³-hybridized carbons (Fsp3) is 0.763. The van der Waals surface area contributed by atoms with Crippen molar-refractivity contribution in [3.63, 3.8) is 0 Å². The third-order valence-corrected chi connectivity index (χ3v) is 22.0. The molecule has 0 aromatic carbocycles. The molecule has 0 saturated heterocycles. The Morgan fingerprint density at radius 3 is 0.757 bits per heavy atom. The number of unbranched alkanes of at least 4 members (excludes halogenated alkanes) is 46. The van der Waals surface area contributed by atoms with E-state index in [0.717, 1.165) is 128 Å². The van der Waals surface area contributed by atoms with Crippen molar-refractivity contribution >= 4 is 33.6 Å². The molecule has 5 atom stereocenters. The van der Waals surface area contributed by atoms with E-state index in [1.54, 1.807) is 0 Å². The number of aliphatic hydroxyl groups is 2. The maximum Gasteiger partial charge on any atom is 0.472 e. The summed E-state index contributed by atoms with van der Waals surface area (Å²) in [5.74, 6) is -1.56. The second kappa shape index (κ2) is 89.2. The number of esters is 3. The minimum atomic E-state index is -4.93. The van der Waals surface area contributed by atoms with Gasteiger partial charge in [-0.15, -0.1) is 0 Å². The first-order chi connectivity index (χ1) is 56.2. The number of allylic oxidation sites excluding steroid dienone is 20. The van der Waals surface area contributed by atoms with Crippen molar-refractivity contribution in [2.75, 3.05) is 39.6 Å². The van der Waals surface area contributed by atoms with Gasteiger partial charge in [0.15, 0.2) is 6.10 Å². The lowest BCUT2D eigenvalue weighted by atomic mass is 10.0. The average molecular weight is 1660 g/mol. The summed E-state index contributed by atoms with van der Waals surface area (Å²) in [6.45, 7) is 2.58. The van der Waals surface area contributed by atoms with Crippen molar-refractivity contribution in [3.05, 3.63) is 122 Å². The average Bonchev–Trinajstić information content (AvgIpc) is 0.905. The Hall–Kier alpha value is -4.05. The minimum Gasteiger partial charge on any atom is -0.463 e. The van der Waals surface area contributed by atoms with Crippen molar-refractivity contribution in [3.8, 4) is 0 Å². The van der Waals surface area contributed by atoms with Gasteiger partial charge in [-0.2, -0.15) is 0 Å². The molecule has 0 amide bonds. The zero-order valence-electron chi connectivity index (χ0n) is 73.4. The summed E-state index contributed by atoms with van der Waals surface area (Å²) in [6, 6.07) is 0. The molecule has 16 nitrogen and oxygen atoms in total. The molecule has 4 N–H and O–H groups in total. The standard InChI is InChI=1S/C97H172O16P2/c1-4-7-10-13-16-19-22-25-27-29-31-33-35-37-39-41-43-44-45-46-48-50-51-53-55-57-59-61-63-66-68-71-74-77-80-83-95(100)107-86-92(98)87-109-114(103,104)110-88-93(99)89-111-115(105,106)112-91-94(113-97(102)85-82-79-76-73-70-65-24-21-18-15-12-9-6-3)90-108-96(101)84-81-78-75-72-69-67-64-62-60-58-56-54-52-49-47-42-40-38-36-34-32-30-28-26-23-20-17-14-11-8-5-2/h7,10,16-17,19-21,24-28,31-34,37-40,92-94,98-99H,4-6,8-9,11-15,18,22-23,29-30,35-36,41-91H2,1-3H3,(H,103,104)(H,105,106)/b10-7-,19-16-,20-17-,24-21-,27-25-,28-26-,33-31-,34-32-,39-37-,40-38-. The van der Waals surface area contributed by atoms with Gasteiger partial charge >= 0.3 is 33.6 Å². The summed E-state index contributed by atoms with van der Waals surface area (Å²) < 4.78 is 61.4. The highest BCUT2D eigenvalue weighted by Crippen LogP contribution is 2.45. The van der Waals surface area contributed by atoms with Crippen LogP contribution in [0.25, 0.3) is 0 Å². The van der Waals surface area contributed by atoms with E-state index in [-0.39, 0.29) is 19.3 Å². The maximum atomic E-state index is 13.0. The highest BCUT2D eigenvalue weighted by atomic mass is 31.2. The molecule has 0 aromatic rings. The highest BCUT2D eigenvalue weighted by Gasteiger charge is 2.30. The molecule has 0 aromatic heterocycles. The zero-order valence-corrected chi connectivity index (χ0v) is 75.2. The molecule has 0 spiro atoms. The van der Waals surface area contributed by atoms with Gasteiger partial charge in [0.05, 0.1) is 26.4 Å². The molecule has 0 heterocycles. The Kier molecular flexibility index (Phi) is 86.1. The van der Waals surface area contributed by atoms with Gasteiger partial charge in [-0.1, -0.05) is 386 Å². The molecule has 0 aliphatic carbocycles. The number of carbonyl (C=O) groups excluding carboxylic acids is 3. The Balaban J connectivity index is 4.36. The van der Waals surface area contributed by atoms with Crippen molar-refractivity contribution in [2.24, 2.45) is 0 Å². The van der Waals surface area contributed by atoms with Gasteiger partial charge < -0.3 is 34.2 Å². The number of hydrogen-bond donors (Lipinski definition) is 4. The zero-order chi connectivity index (χ0) is 83.6. The van der Waals surface area contributed by atoms with E-state index in [1.807, 2.05) is 0 Å². The van der Waals surface area contributed by atoms with Crippen LogP contribution >= 0.6 is 15.6 Å². The molecule has 0 saturated carbocycles. The summed E-state index contributed by atoms with van der Waals surface area (Å²) in [5.41, 5.74) is 0. The van der Waals surface area contributed by atoms with Crippen LogP contribution in [0.2, 0.25) is 0 Å². The monoisotopic (exact) mass is 1660 g/mol. The third kappa shape index (κ3) is 90.6. The van der Waals surface area contributed by atoms with Gasteiger partial charge in [0.1, 0.15) is 25.4 Å². The van der Waals surface area contributed by atoms with Crippen LogP contribution in [0.3, 0.4) is 0 Å². The van der Waals surface area contributed by atoms with Crippen molar-refractivity contribution in [2.45, 2.75) is 437 Å². The molecule has 0 aliphatic heterocycles. The molecule has 0 radical (unpaired) electrons. The van der Waals surface area contributed by atoms with Gasteiger partial charge in [-0.3, -0.25) is 32.5 Å². The number of hydrogen-bond acceptors (Lipinski definition) is 14. The largest absolute Gasteiger partial charge is 0.472 e.